The smallest absolute Gasteiger partial charge is 0.383 e. The molecule has 0 aromatic carbocycles. The number of nitrogens with zero attached hydrogens (tertiary/aromatic N) is 1. The topological polar surface area (TPSA) is 57.6 Å². The van der Waals surface area contributed by atoms with Crippen LogP contribution in [0.15, 0.2) is 0 Å². The molecule has 2 fully saturated rings. The van der Waals surface area contributed by atoms with Crippen LogP contribution in [0.25, 0.3) is 0 Å². The molecule has 0 aromatic heterocycles. The fourth-order valence-electron chi connectivity index (χ4n) is 2.84. The summed E-state index contributed by atoms with van der Waals surface area (Å²) in [5, 5.41) is 8.87. The number of amides is 1. The number of alkyl halides is 4. The lowest BCUT2D eigenvalue weighted by molar-refractivity contribution is -0.182. The third-order valence-electron chi connectivity index (χ3n) is 3.65. The van der Waals surface area contributed by atoms with Crippen LogP contribution < -0.4 is 0 Å². The van der Waals surface area contributed by atoms with E-state index in [0.29, 0.717) is 11.3 Å². The van der Waals surface area contributed by atoms with Gasteiger partial charge >= 0.3 is 18.3 Å². The third kappa shape index (κ3) is 1.74. The number of carboxylic acid groups (broad SMARTS) is 1. The molecule has 0 aromatic rings. The lowest BCUT2D eigenvalue weighted by atomic mass is 9.89. The molecule has 2 rings (SSSR count). The first-order valence-corrected chi connectivity index (χ1v) is 5.48. The van der Waals surface area contributed by atoms with Crippen molar-refractivity contribution in [1.82, 2.24) is 4.90 Å². The van der Waals surface area contributed by atoms with E-state index in [2.05, 4.69) is 0 Å². The molecule has 8 heteroatoms. The Bertz CT molecular complexity index is 387. The Balaban J connectivity index is 2.21. The fourth-order valence-corrected chi connectivity index (χ4v) is 2.84. The number of hydrogen-bond acceptors (Lipinski definition) is 2. The van der Waals surface area contributed by atoms with E-state index in [1.807, 2.05) is 0 Å². The minimum atomic E-state index is -4.74. The molecule has 3 unspecified atom stereocenters. The number of hydrogen-bond donors (Lipinski definition) is 1. The molecule has 102 valence electrons. The van der Waals surface area contributed by atoms with Gasteiger partial charge in [-0.15, -0.1) is 0 Å². The molecule has 0 spiro atoms. The number of aliphatic carboxylic acids is 1. The van der Waals surface area contributed by atoms with Gasteiger partial charge < -0.3 is 10.0 Å². The summed E-state index contributed by atoms with van der Waals surface area (Å²) in [6.07, 6.45) is -3.36. The van der Waals surface area contributed by atoms with Gasteiger partial charge in [-0.25, -0.2) is 8.78 Å². The van der Waals surface area contributed by atoms with E-state index < -0.39 is 42.2 Å². The van der Waals surface area contributed by atoms with Crippen molar-refractivity contribution in [3.63, 3.8) is 0 Å². The molecule has 2 aliphatic heterocycles. The first-order valence-electron chi connectivity index (χ1n) is 5.48. The van der Waals surface area contributed by atoms with E-state index in [-0.39, 0.29) is 12.8 Å². The molecule has 0 aliphatic carbocycles. The summed E-state index contributed by atoms with van der Waals surface area (Å²) < 4.78 is 50.3. The average Bonchev–Trinajstić information content (AvgIpc) is 2.84. The number of halogens is 4. The molecule has 2 aliphatic rings. The molecule has 2 bridgehead atoms. The fraction of sp³-hybridized carbons (Fsp3) is 0.800. The highest BCUT2D eigenvalue weighted by Gasteiger charge is 2.59. The highest BCUT2D eigenvalue weighted by atomic mass is 19.3. The molecule has 0 saturated carbocycles. The van der Waals surface area contributed by atoms with Gasteiger partial charge in [0.15, 0.2) is 0 Å². The second-order valence-corrected chi connectivity index (χ2v) is 4.62. The van der Waals surface area contributed by atoms with Crippen LogP contribution in [0.4, 0.5) is 17.6 Å². The Hall–Kier alpha value is -1.34. The van der Waals surface area contributed by atoms with Crippen molar-refractivity contribution in [2.75, 3.05) is 0 Å². The molecule has 3 atom stereocenters. The van der Waals surface area contributed by atoms with Crippen molar-refractivity contribution in [1.29, 1.82) is 0 Å². The predicted octanol–water partition coefficient (Wildman–Crippen LogP) is 1.35. The number of carbonyl (C=O) groups excluding carboxylic acids is 1. The zero-order chi connectivity index (χ0) is 13.7. The highest BCUT2D eigenvalue weighted by molar-refractivity contribution is 5.86. The first-order chi connectivity index (χ1) is 8.26. The maximum absolute atomic E-state index is 13.0. The van der Waals surface area contributed by atoms with E-state index in [4.69, 9.17) is 5.11 Å². The van der Waals surface area contributed by atoms with Crippen LogP contribution in [0.2, 0.25) is 0 Å². The van der Waals surface area contributed by atoms with Crippen molar-refractivity contribution in [2.24, 2.45) is 5.92 Å². The van der Waals surface area contributed by atoms with Gasteiger partial charge in [-0.05, 0) is 19.3 Å². The highest BCUT2D eigenvalue weighted by Crippen LogP contribution is 2.44. The standard InChI is InChI=1S/C10H11F4NO3/c11-8(12)10(13,14)9(18)15-4-1-2-6(15)5(3-4)7(16)17/h4-6,8H,1-3H2,(H,16,17). The summed E-state index contributed by atoms with van der Waals surface area (Å²) in [5.74, 6) is -8.80. The number of carbonyl (C=O) groups is 2. The Morgan fingerprint density at radius 1 is 1.28 bits per heavy atom. The zero-order valence-corrected chi connectivity index (χ0v) is 9.15. The Kier molecular flexibility index (Phi) is 2.98. The monoisotopic (exact) mass is 269 g/mol. The normalized spacial score (nSPS) is 31.2. The Morgan fingerprint density at radius 3 is 2.33 bits per heavy atom. The van der Waals surface area contributed by atoms with Crippen LogP contribution in [0, 0.1) is 5.92 Å². The molecular formula is C10H11F4NO3. The summed E-state index contributed by atoms with van der Waals surface area (Å²) in [5.41, 5.74) is 0. The van der Waals surface area contributed by atoms with Gasteiger partial charge in [-0.2, -0.15) is 8.78 Å². The molecule has 2 heterocycles. The summed E-state index contributed by atoms with van der Waals surface area (Å²) in [6.45, 7) is 0. The maximum atomic E-state index is 13.0. The molecule has 2 saturated heterocycles. The van der Waals surface area contributed by atoms with Gasteiger partial charge in [-0.3, -0.25) is 9.59 Å². The molecule has 18 heavy (non-hydrogen) atoms. The van der Waals surface area contributed by atoms with E-state index in [1.54, 1.807) is 0 Å². The van der Waals surface area contributed by atoms with E-state index >= 15 is 0 Å². The van der Waals surface area contributed by atoms with Gasteiger partial charge in [0, 0.05) is 12.1 Å². The Morgan fingerprint density at radius 2 is 1.89 bits per heavy atom. The third-order valence-corrected chi connectivity index (χ3v) is 3.65. The zero-order valence-electron chi connectivity index (χ0n) is 9.15. The maximum Gasteiger partial charge on any atom is 0.383 e. The van der Waals surface area contributed by atoms with Gasteiger partial charge in [0.05, 0.1) is 5.92 Å². The summed E-state index contributed by atoms with van der Waals surface area (Å²) in [7, 11) is 0. The predicted molar refractivity (Wildman–Crippen MR) is 50.3 cm³/mol. The van der Waals surface area contributed by atoms with Crippen molar-refractivity contribution < 1.29 is 32.3 Å². The number of carboxylic acids is 1. The van der Waals surface area contributed by atoms with Crippen LogP contribution in [-0.2, 0) is 9.59 Å². The largest absolute Gasteiger partial charge is 0.481 e. The summed E-state index contributed by atoms with van der Waals surface area (Å²) in [4.78, 5) is 23.0. The summed E-state index contributed by atoms with van der Waals surface area (Å²) >= 11 is 0. The summed E-state index contributed by atoms with van der Waals surface area (Å²) in [6, 6.07) is -1.54. The SMILES string of the molecule is O=C(O)C1CC2CCC1N2C(=O)C(F)(F)C(F)F. The van der Waals surface area contributed by atoms with Crippen molar-refractivity contribution >= 4 is 11.9 Å². The van der Waals surface area contributed by atoms with E-state index in [9.17, 15) is 27.2 Å². The van der Waals surface area contributed by atoms with Gasteiger partial charge in [0.2, 0.25) is 0 Å². The minimum Gasteiger partial charge on any atom is -0.481 e. The molecule has 1 N–H and O–H groups in total. The van der Waals surface area contributed by atoms with Gasteiger partial charge in [-0.1, -0.05) is 0 Å². The van der Waals surface area contributed by atoms with Crippen LogP contribution in [0.5, 0.6) is 0 Å². The van der Waals surface area contributed by atoms with Crippen molar-refractivity contribution in [3.05, 3.63) is 0 Å². The average molecular weight is 269 g/mol. The second-order valence-electron chi connectivity index (χ2n) is 4.62. The van der Waals surface area contributed by atoms with E-state index in [0.717, 1.165) is 0 Å². The molecule has 0 radical (unpaired) electrons. The first kappa shape index (κ1) is 13.1. The molecule has 1 amide bonds. The lowest BCUT2D eigenvalue weighted by Gasteiger charge is -2.27. The van der Waals surface area contributed by atoms with Crippen LogP contribution in [-0.4, -0.2) is 46.3 Å². The molecular weight excluding hydrogens is 258 g/mol. The van der Waals surface area contributed by atoms with Crippen LogP contribution in [0.3, 0.4) is 0 Å². The van der Waals surface area contributed by atoms with E-state index in [1.165, 1.54) is 0 Å². The number of rotatable bonds is 3. The minimum absolute atomic E-state index is 0.0606. The van der Waals surface area contributed by atoms with Gasteiger partial charge in [0.25, 0.3) is 5.91 Å². The number of fused-ring (bicyclic) bond motifs is 2. The quantitative estimate of drug-likeness (QED) is 0.787. The van der Waals surface area contributed by atoms with Gasteiger partial charge in [0.1, 0.15) is 0 Å². The second kappa shape index (κ2) is 4.10. The molecule has 4 nitrogen and oxygen atoms in total. The van der Waals surface area contributed by atoms with Crippen molar-refractivity contribution in [2.45, 2.75) is 43.7 Å². The van der Waals surface area contributed by atoms with Crippen LogP contribution in [0.1, 0.15) is 19.3 Å². The van der Waals surface area contributed by atoms with Crippen molar-refractivity contribution in [3.8, 4) is 0 Å². The van der Waals surface area contributed by atoms with Crippen LogP contribution >= 0.6 is 0 Å². The lowest BCUT2D eigenvalue weighted by Crippen LogP contribution is -2.50. The Labute approximate surface area is 99.6 Å².